The van der Waals surface area contributed by atoms with Gasteiger partial charge >= 0.3 is 0 Å². The molecular formula is C21H38N4O3. The van der Waals surface area contributed by atoms with Crippen molar-refractivity contribution < 1.29 is 14.0 Å². The minimum Gasteiger partial charge on any atom is -0.385 e. The second kappa shape index (κ2) is 12.8. The van der Waals surface area contributed by atoms with Gasteiger partial charge < -0.3 is 24.2 Å². The highest BCUT2D eigenvalue weighted by Gasteiger charge is 2.22. The van der Waals surface area contributed by atoms with Gasteiger partial charge in [-0.2, -0.15) is 0 Å². The van der Waals surface area contributed by atoms with Crippen LogP contribution in [0.15, 0.2) is 15.6 Å². The topological polar surface area (TPSA) is 72.1 Å². The Kier molecular flexibility index (Phi) is 10.4. The molecule has 1 aliphatic rings. The molecular weight excluding hydrogens is 356 g/mol. The minimum atomic E-state index is 0.341. The molecule has 7 nitrogen and oxygen atoms in total. The summed E-state index contributed by atoms with van der Waals surface area (Å²) in [6.07, 6.45) is 5.51. The first-order valence-corrected chi connectivity index (χ1v) is 10.8. The number of aromatic nitrogens is 1. The van der Waals surface area contributed by atoms with Crippen LogP contribution in [0.25, 0.3) is 0 Å². The summed E-state index contributed by atoms with van der Waals surface area (Å²) in [4.78, 5) is 7.10. The van der Waals surface area contributed by atoms with E-state index in [1.165, 1.54) is 0 Å². The second-order valence-corrected chi connectivity index (χ2v) is 7.31. The average Bonchev–Trinajstić information content (AvgIpc) is 3.19. The smallest absolute Gasteiger partial charge is 0.194 e. The first kappa shape index (κ1) is 22.7. The summed E-state index contributed by atoms with van der Waals surface area (Å²) >= 11 is 0. The molecule has 0 spiro atoms. The maximum Gasteiger partial charge on any atom is 0.194 e. The summed E-state index contributed by atoms with van der Waals surface area (Å²) < 4.78 is 16.5. The van der Waals surface area contributed by atoms with Crippen molar-refractivity contribution in [2.75, 3.05) is 40.0 Å². The van der Waals surface area contributed by atoms with E-state index in [9.17, 15) is 0 Å². The monoisotopic (exact) mass is 394 g/mol. The lowest BCUT2D eigenvalue weighted by atomic mass is 9.99. The third kappa shape index (κ3) is 7.09. The van der Waals surface area contributed by atoms with Crippen molar-refractivity contribution in [3.8, 4) is 0 Å². The number of aliphatic imine (C=N–C) groups is 1. The molecule has 0 unspecified atom stereocenters. The molecule has 1 aliphatic heterocycles. The normalized spacial score (nSPS) is 16.2. The maximum absolute atomic E-state index is 5.96. The number of nitrogens with zero attached hydrogens (tertiary/aromatic N) is 3. The van der Waals surface area contributed by atoms with E-state index >= 15 is 0 Å². The van der Waals surface area contributed by atoms with Crippen molar-refractivity contribution in [3.05, 3.63) is 17.5 Å². The molecule has 2 heterocycles. The zero-order valence-corrected chi connectivity index (χ0v) is 18.1. The highest BCUT2D eigenvalue weighted by Crippen LogP contribution is 2.22. The van der Waals surface area contributed by atoms with Crippen LogP contribution < -0.4 is 5.32 Å². The van der Waals surface area contributed by atoms with Crippen molar-refractivity contribution >= 4 is 5.96 Å². The Morgan fingerprint density at radius 3 is 2.68 bits per heavy atom. The molecule has 2 rings (SSSR count). The van der Waals surface area contributed by atoms with Gasteiger partial charge in [-0.3, -0.25) is 0 Å². The van der Waals surface area contributed by atoms with Crippen LogP contribution in [0.2, 0.25) is 0 Å². The molecule has 0 aliphatic carbocycles. The van der Waals surface area contributed by atoms with Crippen LogP contribution in [-0.2, 0) is 16.0 Å². The number of nitrogens with one attached hydrogen (secondary N) is 1. The molecule has 28 heavy (non-hydrogen) atoms. The summed E-state index contributed by atoms with van der Waals surface area (Å²) in [5.41, 5.74) is 1.05. The van der Waals surface area contributed by atoms with Gasteiger partial charge in [-0.25, -0.2) is 4.99 Å². The highest BCUT2D eigenvalue weighted by molar-refractivity contribution is 5.80. The minimum absolute atomic E-state index is 0.341. The fourth-order valence-electron chi connectivity index (χ4n) is 3.57. The number of likely N-dealkylation sites (tertiary alicyclic amines) is 1. The first-order valence-electron chi connectivity index (χ1n) is 10.8. The van der Waals surface area contributed by atoms with E-state index in [-0.39, 0.29) is 0 Å². The van der Waals surface area contributed by atoms with E-state index < -0.39 is 0 Å². The van der Waals surface area contributed by atoms with E-state index in [1.807, 2.05) is 0 Å². The molecule has 0 aromatic carbocycles. The van der Waals surface area contributed by atoms with Crippen LogP contribution in [0.4, 0.5) is 0 Å². The van der Waals surface area contributed by atoms with Gasteiger partial charge in [-0.05, 0) is 39.0 Å². The number of piperidine rings is 1. The molecule has 0 amide bonds. The van der Waals surface area contributed by atoms with Crippen LogP contribution in [-0.4, -0.2) is 62.1 Å². The number of hydrogen-bond donors (Lipinski definition) is 1. The van der Waals surface area contributed by atoms with Crippen molar-refractivity contribution in [2.24, 2.45) is 4.99 Å². The quantitative estimate of drug-likeness (QED) is 0.351. The van der Waals surface area contributed by atoms with E-state index in [4.69, 9.17) is 19.0 Å². The van der Waals surface area contributed by atoms with Crippen LogP contribution in [0.5, 0.6) is 0 Å². The third-order valence-corrected chi connectivity index (χ3v) is 5.29. The third-order valence-electron chi connectivity index (χ3n) is 5.29. The summed E-state index contributed by atoms with van der Waals surface area (Å²) in [5.74, 6) is 2.24. The van der Waals surface area contributed by atoms with Crippen LogP contribution >= 0.6 is 0 Å². The standard InChI is InChI=1S/C21H38N4O3/c1-5-17(6-2)20-15-19(28-24-20)16-23-21(22-7-3)25-11-9-18(10-12-25)27-14-8-13-26-4/h15,17-18H,5-14,16H2,1-4H3,(H,22,23). The van der Waals surface area contributed by atoms with Gasteiger partial charge in [-0.1, -0.05) is 19.0 Å². The van der Waals surface area contributed by atoms with Crippen LogP contribution in [0.1, 0.15) is 70.2 Å². The van der Waals surface area contributed by atoms with Gasteiger partial charge in [-0.15, -0.1) is 0 Å². The lowest BCUT2D eigenvalue weighted by Crippen LogP contribution is -2.47. The molecule has 1 N–H and O–H groups in total. The fraction of sp³-hybridized carbons (Fsp3) is 0.810. The number of hydrogen-bond acceptors (Lipinski definition) is 5. The molecule has 1 fully saturated rings. The molecule has 160 valence electrons. The number of methoxy groups -OCH3 is 1. The van der Waals surface area contributed by atoms with E-state index in [0.29, 0.717) is 18.6 Å². The van der Waals surface area contributed by atoms with Crippen LogP contribution in [0.3, 0.4) is 0 Å². The Morgan fingerprint density at radius 2 is 2.04 bits per heavy atom. The van der Waals surface area contributed by atoms with E-state index in [1.54, 1.807) is 7.11 Å². The molecule has 1 aromatic rings. The Balaban J connectivity index is 1.85. The number of guanidine groups is 1. The molecule has 1 aromatic heterocycles. The SMILES string of the molecule is CCNC(=NCc1cc(C(CC)CC)no1)N1CCC(OCCCOC)CC1. The van der Waals surface area contributed by atoms with Crippen molar-refractivity contribution in [1.82, 2.24) is 15.4 Å². The molecule has 0 radical (unpaired) electrons. The zero-order valence-electron chi connectivity index (χ0n) is 18.1. The molecule has 0 atom stereocenters. The lowest BCUT2D eigenvalue weighted by Gasteiger charge is -2.34. The highest BCUT2D eigenvalue weighted by atomic mass is 16.5. The van der Waals surface area contributed by atoms with Crippen molar-refractivity contribution in [2.45, 2.75) is 71.4 Å². The average molecular weight is 395 g/mol. The summed E-state index contributed by atoms with van der Waals surface area (Å²) in [6.45, 7) is 11.3. The van der Waals surface area contributed by atoms with Gasteiger partial charge in [0.1, 0.15) is 6.54 Å². The Morgan fingerprint density at radius 1 is 1.29 bits per heavy atom. The number of ether oxygens (including phenoxy) is 2. The largest absolute Gasteiger partial charge is 0.385 e. The predicted octanol–water partition coefficient (Wildman–Crippen LogP) is 3.56. The van der Waals surface area contributed by atoms with Gasteiger partial charge in [0, 0.05) is 51.9 Å². The van der Waals surface area contributed by atoms with Gasteiger partial charge in [0.05, 0.1) is 11.8 Å². The van der Waals surface area contributed by atoms with E-state index in [2.05, 4.69) is 42.2 Å². The fourth-order valence-corrected chi connectivity index (χ4v) is 3.57. The summed E-state index contributed by atoms with van der Waals surface area (Å²) in [6, 6.07) is 2.06. The Bertz CT molecular complexity index is 564. The molecule has 0 saturated carbocycles. The molecule has 1 saturated heterocycles. The number of rotatable bonds is 11. The lowest BCUT2D eigenvalue weighted by molar-refractivity contribution is 0.00989. The van der Waals surface area contributed by atoms with Crippen LogP contribution in [0, 0.1) is 0 Å². The summed E-state index contributed by atoms with van der Waals surface area (Å²) in [5, 5.41) is 7.65. The Labute approximate surface area is 169 Å². The van der Waals surface area contributed by atoms with Crippen molar-refractivity contribution in [1.29, 1.82) is 0 Å². The van der Waals surface area contributed by atoms with Gasteiger partial charge in [0.25, 0.3) is 0 Å². The first-order chi connectivity index (χ1) is 13.7. The zero-order chi connectivity index (χ0) is 20.2. The molecule has 7 heteroatoms. The summed E-state index contributed by atoms with van der Waals surface area (Å²) in [7, 11) is 1.73. The Hall–Kier alpha value is -1.60. The van der Waals surface area contributed by atoms with Gasteiger partial charge in [0.2, 0.25) is 0 Å². The van der Waals surface area contributed by atoms with Crippen molar-refractivity contribution in [3.63, 3.8) is 0 Å². The van der Waals surface area contributed by atoms with E-state index in [0.717, 1.165) is 82.4 Å². The second-order valence-electron chi connectivity index (χ2n) is 7.31. The van der Waals surface area contributed by atoms with Gasteiger partial charge in [0.15, 0.2) is 11.7 Å². The maximum atomic E-state index is 5.96. The predicted molar refractivity (Wildman–Crippen MR) is 112 cm³/mol. The molecule has 0 bridgehead atoms.